The standard InChI is InChI=1S/C15H13BrN4OS/c1-8-4-2-3-5-10(8)14(21)18-9-6-11(16)13-12(7-9)22-15(19-13)20-17/h2-7H,17H2,1H3,(H,18,21)(H,19,20). The van der Waals surface area contributed by atoms with Gasteiger partial charge >= 0.3 is 0 Å². The highest BCUT2D eigenvalue weighted by Crippen LogP contribution is 2.33. The molecule has 0 spiro atoms. The highest BCUT2D eigenvalue weighted by molar-refractivity contribution is 9.10. The number of hydrazine groups is 1. The number of rotatable bonds is 3. The summed E-state index contributed by atoms with van der Waals surface area (Å²) >= 11 is 4.90. The van der Waals surface area contributed by atoms with E-state index in [9.17, 15) is 4.79 Å². The highest BCUT2D eigenvalue weighted by atomic mass is 79.9. The molecule has 0 radical (unpaired) electrons. The zero-order valence-electron chi connectivity index (χ0n) is 11.7. The zero-order chi connectivity index (χ0) is 15.7. The van der Waals surface area contributed by atoms with Crippen LogP contribution in [0.4, 0.5) is 10.8 Å². The van der Waals surface area contributed by atoms with Crippen LogP contribution in [0, 0.1) is 6.92 Å². The minimum atomic E-state index is -0.133. The van der Waals surface area contributed by atoms with Crippen molar-refractivity contribution in [3.63, 3.8) is 0 Å². The number of anilines is 2. The van der Waals surface area contributed by atoms with Crippen LogP contribution in [0.3, 0.4) is 0 Å². The molecule has 2 aromatic carbocycles. The van der Waals surface area contributed by atoms with Gasteiger partial charge in [-0.1, -0.05) is 29.5 Å². The van der Waals surface area contributed by atoms with Crippen LogP contribution < -0.4 is 16.6 Å². The fourth-order valence-electron chi connectivity index (χ4n) is 2.15. The summed E-state index contributed by atoms with van der Waals surface area (Å²) < 4.78 is 1.74. The topological polar surface area (TPSA) is 80.0 Å². The number of nitrogens with zero attached hydrogens (tertiary/aromatic N) is 1. The van der Waals surface area contributed by atoms with Crippen molar-refractivity contribution in [2.24, 2.45) is 5.84 Å². The molecule has 3 rings (SSSR count). The lowest BCUT2D eigenvalue weighted by atomic mass is 10.1. The van der Waals surface area contributed by atoms with Gasteiger partial charge in [-0.05, 0) is 46.6 Å². The third-order valence-corrected chi connectivity index (χ3v) is 4.76. The number of nitrogens with two attached hydrogens (primary N) is 1. The molecule has 5 nitrogen and oxygen atoms in total. The largest absolute Gasteiger partial charge is 0.322 e. The number of carbonyl (C=O) groups excluding carboxylic acids is 1. The van der Waals surface area contributed by atoms with Crippen LogP contribution in [0.1, 0.15) is 15.9 Å². The quantitative estimate of drug-likeness (QED) is 0.478. The average Bonchev–Trinajstić information content (AvgIpc) is 2.91. The minimum absolute atomic E-state index is 0.133. The van der Waals surface area contributed by atoms with E-state index in [1.54, 1.807) is 6.07 Å². The molecule has 1 heterocycles. The Labute approximate surface area is 139 Å². The first-order valence-corrected chi connectivity index (χ1v) is 8.13. The Morgan fingerprint density at radius 2 is 2.09 bits per heavy atom. The number of benzene rings is 2. The third kappa shape index (κ3) is 2.83. The van der Waals surface area contributed by atoms with Gasteiger partial charge in [0.2, 0.25) is 0 Å². The Bertz CT molecular complexity index is 862. The first-order chi connectivity index (χ1) is 10.6. The molecular weight excluding hydrogens is 364 g/mol. The molecule has 0 aliphatic carbocycles. The van der Waals surface area contributed by atoms with Crippen LogP contribution >= 0.6 is 27.3 Å². The summed E-state index contributed by atoms with van der Waals surface area (Å²) in [7, 11) is 0. The fraction of sp³-hybridized carbons (Fsp3) is 0.0667. The summed E-state index contributed by atoms with van der Waals surface area (Å²) in [5, 5.41) is 3.54. The number of aromatic nitrogens is 1. The molecule has 0 unspecified atom stereocenters. The molecule has 1 amide bonds. The Morgan fingerprint density at radius 3 is 2.82 bits per heavy atom. The molecule has 0 bridgehead atoms. The summed E-state index contributed by atoms with van der Waals surface area (Å²) in [6.07, 6.45) is 0. The van der Waals surface area contributed by atoms with Crippen LogP contribution in [0.5, 0.6) is 0 Å². The Morgan fingerprint density at radius 1 is 1.32 bits per heavy atom. The molecule has 0 aliphatic heterocycles. The number of halogens is 1. The predicted molar refractivity (Wildman–Crippen MR) is 94.3 cm³/mol. The van der Waals surface area contributed by atoms with Crippen LogP contribution in [0.2, 0.25) is 0 Å². The third-order valence-electron chi connectivity index (χ3n) is 3.22. The van der Waals surface area contributed by atoms with Gasteiger partial charge in [-0.15, -0.1) is 0 Å². The molecule has 7 heteroatoms. The van der Waals surface area contributed by atoms with Gasteiger partial charge in [-0.25, -0.2) is 10.8 Å². The van der Waals surface area contributed by atoms with Crippen molar-refractivity contribution >= 4 is 54.2 Å². The van der Waals surface area contributed by atoms with Crippen LogP contribution in [-0.4, -0.2) is 10.9 Å². The molecule has 3 aromatic rings. The maximum absolute atomic E-state index is 12.4. The van der Waals surface area contributed by atoms with Gasteiger partial charge in [-0.3, -0.25) is 10.2 Å². The molecule has 0 aliphatic rings. The molecule has 0 fully saturated rings. The smallest absolute Gasteiger partial charge is 0.255 e. The normalized spacial score (nSPS) is 10.7. The summed E-state index contributed by atoms with van der Waals surface area (Å²) in [5.74, 6) is 5.25. The lowest BCUT2D eigenvalue weighted by Crippen LogP contribution is -2.13. The Hall–Kier alpha value is -1.96. The number of nitrogen functional groups attached to an aromatic ring is 1. The van der Waals surface area contributed by atoms with E-state index in [4.69, 9.17) is 5.84 Å². The van der Waals surface area contributed by atoms with Gasteiger partial charge in [0.05, 0.1) is 10.2 Å². The van der Waals surface area contributed by atoms with Crippen LogP contribution in [-0.2, 0) is 0 Å². The van der Waals surface area contributed by atoms with Crippen LogP contribution in [0.15, 0.2) is 40.9 Å². The maximum atomic E-state index is 12.4. The van der Waals surface area contributed by atoms with E-state index in [1.165, 1.54) is 11.3 Å². The van der Waals surface area contributed by atoms with E-state index in [0.29, 0.717) is 16.4 Å². The van der Waals surface area contributed by atoms with E-state index in [0.717, 1.165) is 20.3 Å². The molecule has 0 saturated carbocycles. The summed E-state index contributed by atoms with van der Waals surface area (Å²) in [5.41, 5.74) is 5.65. The van der Waals surface area contributed by atoms with E-state index in [-0.39, 0.29) is 5.91 Å². The van der Waals surface area contributed by atoms with Crippen molar-refractivity contribution in [1.82, 2.24) is 4.98 Å². The number of nitrogens with one attached hydrogen (secondary N) is 2. The van der Waals surface area contributed by atoms with Crippen molar-refractivity contribution in [2.75, 3.05) is 10.7 Å². The summed E-state index contributed by atoms with van der Waals surface area (Å²) in [6, 6.07) is 11.2. The van der Waals surface area contributed by atoms with Gasteiger partial charge in [0, 0.05) is 15.7 Å². The van der Waals surface area contributed by atoms with Crippen molar-refractivity contribution in [3.8, 4) is 0 Å². The lowest BCUT2D eigenvalue weighted by Gasteiger charge is -2.08. The number of hydrogen-bond donors (Lipinski definition) is 3. The maximum Gasteiger partial charge on any atom is 0.255 e. The number of thiazole rings is 1. The molecule has 1 aromatic heterocycles. The predicted octanol–water partition coefficient (Wildman–Crippen LogP) is 3.91. The number of hydrogen-bond acceptors (Lipinski definition) is 5. The zero-order valence-corrected chi connectivity index (χ0v) is 14.1. The second-order valence-corrected chi connectivity index (χ2v) is 6.62. The lowest BCUT2D eigenvalue weighted by molar-refractivity contribution is 0.102. The number of aryl methyl sites for hydroxylation is 1. The van der Waals surface area contributed by atoms with Gasteiger partial charge < -0.3 is 5.32 Å². The summed E-state index contributed by atoms with van der Waals surface area (Å²) in [6.45, 7) is 1.91. The molecule has 4 N–H and O–H groups in total. The fourth-order valence-corrected chi connectivity index (χ4v) is 3.67. The highest BCUT2D eigenvalue weighted by Gasteiger charge is 2.12. The van der Waals surface area contributed by atoms with Crippen LogP contribution in [0.25, 0.3) is 10.2 Å². The number of fused-ring (bicyclic) bond motifs is 1. The number of amides is 1. The van der Waals surface area contributed by atoms with Gasteiger partial charge in [0.15, 0.2) is 5.13 Å². The van der Waals surface area contributed by atoms with Gasteiger partial charge in [-0.2, -0.15) is 0 Å². The first-order valence-electron chi connectivity index (χ1n) is 6.52. The molecule has 0 saturated heterocycles. The summed E-state index contributed by atoms with van der Waals surface area (Å²) in [4.78, 5) is 16.7. The monoisotopic (exact) mass is 376 g/mol. The SMILES string of the molecule is Cc1ccccc1C(=O)Nc1cc(Br)c2nc(NN)sc2c1. The van der Waals surface area contributed by atoms with Crippen molar-refractivity contribution in [1.29, 1.82) is 0 Å². The molecule has 22 heavy (non-hydrogen) atoms. The number of carbonyl (C=O) groups is 1. The molecule has 0 atom stereocenters. The Kier molecular flexibility index (Phi) is 4.10. The van der Waals surface area contributed by atoms with Crippen molar-refractivity contribution in [2.45, 2.75) is 6.92 Å². The second kappa shape index (κ2) is 6.04. The van der Waals surface area contributed by atoms with Gasteiger partial charge in [0.25, 0.3) is 5.91 Å². The average molecular weight is 377 g/mol. The van der Waals surface area contributed by atoms with E-state index >= 15 is 0 Å². The van der Waals surface area contributed by atoms with Crippen molar-refractivity contribution in [3.05, 3.63) is 52.0 Å². The second-order valence-electron chi connectivity index (χ2n) is 4.74. The Balaban J connectivity index is 1.94. The first kappa shape index (κ1) is 15.0. The van der Waals surface area contributed by atoms with E-state index in [1.807, 2.05) is 37.3 Å². The van der Waals surface area contributed by atoms with Gasteiger partial charge in [0.1, 0.15) is 0 Å². The minimum Gasteiger partial charge on any atom is -0.322 e. The van der Waals surface area contributed by atoms with E-state index < -0.39 is 0 Å². The molecule has 112 valence electrons. The molecular formula is C15H13BrN4OS. The van der Waals surface area contributed by atoms with E-state index in [2.05, 4.69) is 31.7 Å². The van der Waals surface area contributed by atoms with Crippen molar-refractivity contribution < 1.29 is 4.79 Å².